The van der Waals surface area contributed by atoms with Gasteiger partial charge in [-0.15, -0.1) is 24.5 Å². The van der Waals surface area contributed by atoms with Gasteiger partial charge in [-0.2, -0.15) is 0 Å². The van der Waals surface area contributed by atoms with Crippen molar-refractivity contribution in [2.24, 2.45) is 5.14 Å². The van der Waals surface area contributed by atoms with Gasteiger partial charge in [0.1, 0.15) is 5.75 Å². The lowest BCUT2D eigenvalue weighted by molar-refractivity contribution is -0.274. The molecule has 3 aromatic rings. The average Bonchev–Trinajstić information content (AvgIpc) is 3.08. The molecule has 1 aromatic heterocycles. The van der Waals surface area contributed by atoms with Gasteiger partial charge in [0.2, 0.25) is 15.9 Å². The Morgan fingerprint density at radius 2 is 1.68 bits per heavy atom. The lowest BCUT2D eigenvalue weighted by atomic mass is 10.3. The average molecular weight is 472 g/mol. The molecular weight excluding hydrogens is 457 g/mol. The number of halogens is 3. The second-order valence-electron chi connectivity index (χ2n) is 6.14. The molecule has 3 rings (SSSR count). The van der Waals surface area contributed by atoms with Crippen molar-refractivity contribution in [2.75, 3.05) is 10.6 Å². The molecule has 0 radical (unpaired) electrons. The highest BCUT2D eigenvalue weighted by atomic mass is 32.2. The predicted molar refractivity (Wildman–Crippen MR) is 109 cm³/mol. The third-order valence-corrected chi connectivity index (χ3v) is 5.43. The Morgan fingerprint density at radius 1 is 1.06 bits per heavy atom. The monoisotopic (exact) mass is 472 g/mol. The molecule has 0 saturated heterocycles. The minimum absolute atomic E-state index is 0.0342. The third-order valence-electron chi connectivity index (χ3n) is 3.70. The fraction of sp³-hybridized carbons (Fsp3) is 0.111. The number of benzene rings is 2. The molecule has 0 aliphatic rings. The van der Waals surface area contributed by atoms with Gasteiger partial charge in [0.15, 0.2) is 5.13 Å². The molecule has 13 heteroatoms. The van der Waals surface area contributed by atoms with Crippen molar-refractivity contribution in [2.45, 2.75) is 17.7 Å². The Morgan fingerprint density at radius 3 is 2.26 bits per heavy atom. The molecule has 0 fully saturated rings. The Bertz CT molecular complexity index is 1160. The van der Waals surface area contributed by atoms with Crippen molar-refractivity contribution in [3.8, 4) is 5.75 Å². The number of amides is 1. The summed E-state index contributed by atoms with van der Waals surface area (Å²) in [5.74, 6) is -0.708. The largest absolute Gasteiger partial charge is 0.573 e. The van der Waals surface area contributed by atoms with Gasteiger partial charge in [-0.05, 0) is 48.5 Å². The summed E-state index contributed by atoms with van der Waals surface area (Å²) in [6.45, 7) is 0. The maximum absolute atomic E-state index is 12.2. The summed E-state index contributed by atoms with van der Waals surface area (Å²) in [6.07, 6.45) is -4.79. The molecule has 0 unspecified atom stereocenters. The zero-order valence-electron chi connectivity index (χ0n) is 15.5. The molecule has 0 aliphatic carbocycles. The number of primary sulfonamides is 1. The van der Waals surface area contributed by atoms with E-state index in [1.54, 1.807) is 5.38 Å². The number of carbonyl (C=O) groups is 1. The number of hydrogen-bond donors (Lipinski definition) is 3. The number of hydrogen-bond acceptors (Lipinski definition) is 7. The van der Waals surface area contributed by atoms with Crippen LogP contribution in [-0.4, -0.2) is 25.7 Å². The first-order valence-electron chi connectivity index (χ1n) is 8.48. The number of carbonyl (C=O) groups excluding carboxylic acids is 1. The van der Waals surface area contributed by atoms with Gasteiger partial charge in [-0.25, -0.2) is 18.5 Å². The first kappa shape index (κ1) is 22.5. The van der Waals surface area contributed by atoms with Gasteiger partial charge in [0.25, 0.3) is 0 Å². The number of ether oxygens (including phenoxy) is 1. The molecule has 0 aliphatic heterocycles. The van der Waals surface area contributed by atoms with E-state index in [1.807, 2.05) is 0 Å². The first-order chi connectivity index (χ1) is 14.5. The summed E-state index contributed by atoms with van der Waals surface area (Å²) in [4.78, 5) is 16.4. The van der Waals surface area contributed by atoms with E-state index in [4.69, 9.17) is 5.14 Å². The summed E-state index contributed by atoms with van der Waals surface area (Å²) in [5, 5.41) is 12.7. The summed E-state index contributed by atoms with van der Waals surface area (Å²) in [7, 11) is -3.82. The van der Waals surface area contributed by atoms with Crippen molar-refractivity contribution >= 4 is 43.8 Å². The molecule has 0 saturated carbocycles. The van der Waals surface area contributed by atoms with Crippen molar-refractivity contribution in [1.29, 1.82) is 0 Å². The van der Waals surface area contributed by atoms with Crippen LogP contribution in [0.1, 0.15) is 5.69 Å². The first-order valence-corrected chi connectivity index (χ1v) is 10.9. The van der Waals surface area contributed by atoms with Crippen molar-refractivity contribution in [3.05, 3.63) is 59.6 Å². The number of nitrogens with one attached hydrogen (secondary N) is 2. The Kier molecular flexibility index (Phi) is 6.48. The second kappa shape index (κ2) is 8.91. The van der Waals surface area contributed by atoms with Gasteiger partial charge in [-0.3, -0.25) is 4.79 Å². The highest BCUT2D eigenvalue weighted by Gasteiger charge is 2.30. The molecule has 0 spiro atoms. The van der Waals surface area contributed by atoms with Gasteiger partial charge in [0, 0.05) is 16.8 Å². The molecule has 164 valence electrons. The molecular formula is C18H15F3N4O4S2. The number of nitrogens with zero attached hydrogens (tertiary/aromatic N) is 1. The van der Waals surface area contributed by atoms with Gasteiger partial charge in [-0.1, -0.05) is 0 Å². The van der Waals surface area contributed by atoms with Crippen LogP contribution >= 0.6 is 11.3 Å². The summed E-state index contributed by atoms with van der Waals surface area (Å²) >= 11 is 1.22. The van der Waals surface area contributed by atoms with Crippen LogP contribution in [0.25, 0.3) is 0 Å². The van der Waals surface area contributed by atoms with Gasteiger partial charge in [0.05, 0.1) is 17.0 Å². The molecule has 1 heterocycles. The van der Waals surface area contributed by atoms with E-state index in [1.165, 1.54) is 59.9 Å². The van der Waals surface area contributed by atoms with Crippen LogP contribution < -0.4 is 20.5 Å². The van der Waals surface area contributed by atoms with E-state index in [0.29, 0.717) is 22.2 Å². The van der Waals surface area contributed by atoms with E-state index in [0.717, 1.165) is 0 Å². The van der Waals surface area contributed by atoms with Crippen LogP contribution in [0.5, 0.6) is 5.75 Å². The minimum Gasteiger partial charge on any atom is -0.406 e. The standard InChI is InChI=1S/C18H15F3N4O4S2/c19-18(20,21)29-14-5-1-12(2-6-14)24-17-25-13(10-30-17)9-16(26)23-11-3-7-15(8-4-11)31(22,27)28/h1-8,10H,9H2,(H,23,26)(H,24,25)(H2,22,27,28). The van der Waals surface area contributed by atoms with Crippen LogP contribution in [0.4, 0.5) is 29.7 Å². The van der Waals surface area contributed by atoms with Crippen molar-refractivity contribution in [1.82, 2.24) is 4.98 Å². The lowest BCUT2D eigenvalue weighted by Gasteiger charge is -2.09. The number of alkyl halides is 3. The van der Waals surface area contributed by atoms with E-state index in [-0.39, 0.29) is 23.0 Å². The Labute approximate surface area is 178 Å². The van der Waals surface area contributed by atoms with Gasteiger partial charge >= 0.3 is 6.36 Å². The number of aromatic nitrogens is 1. The highest BCUT2D eigenvalue weighted by Crippen LogP contribution is 2.26. The maximum Gasteiger partial charge on any atom is 0.573 e. The molecule has 2 aromatic carbocycles. The van der Waals surface area contributed by atoms with Crippen LogP contribution in [0.15, 0.2) is 58.8 Å². The van der Waals surface area contributed by atoms with Gasteiger partial charge < -0.3 is 15.4 Å². The SMILES string of the molecule is NS(=O)(=O)c1ccc(NC(=O)Cc2csc(Nc3ccc(OC(F)(F)F)cc3)n2)cc1. The molecule has 31 heavy (non-hydrogen) atoms. The van der Waals surface area contributed by atoms with E-state index >= 15 is 0 Å². The zero-order valence-corrected chi connectivity index (χ0v) is 17.1. The quantitative estimate of drug-likeness (QED) is 0.483. The van der Waals surface area contributed by atoms with Crippen molar-refractivity contribution in [3.63, 3.8) is 0 Å². The molecule has 0 bridgehead atoms. The Hall–Kier alpha value is -3.16. The minimum atomic E-state index is -4.76. The summed E-state index contributed by atoms with van der Waals surface area (Å²) in [6, 6.07) is 10.5. The van der Waals surface area contributed by atoms with E-state index in [9.17, 15) is 26.4 Å². The summed E-state index contributed by atoms with van der Waals surface area (Å²) in [5.41, 5.74) is 1.37. The zero-order chi connectivity index (χ0) is 22.6. The smallest absolute Gasteiger partial charge is 0.406 e. The third kappa shape index (κ3) is 6.94. The lowest BCUT2D eigenvalue weighted by Crippen LogP contribution is -2.16. The molecule has 4 N–H and O–H groups in total. The second-order valence-corrected chi connectivity index (χ2v) is 8.56. The summed E-state index contributed by atoms with van der Waals surface area (Å²) < 4.78 is 62.9. The number of sulfonamides is 1. The van der Waals surface area contributed by atoms with Crippen molar-refractivity contribution < 1.29 is 31.1 Å². The topological polar surface area (TPSA) is 123 Å². The van der Waals surface area contributed by atoms with Crippen LogP contribution in [-0.2, 0) is 21.2 Å². The highest BCUT2D eigenvalue weighted by molar-refractivity contribution is 7.89. The van der Waals surface area contributed by atoms with Crippen LogP contribution in [0.2, 0.25) is 0 Å². The molecule has 1 amide bonds. The van der Waals surface area contributed by atoms with E-state index < -0.39 is 16.4 Å². The number of rotatable bonds is 7. The maximum atomic E-state index is 12.2. The fourth-order valence-corrected chi connectivity index (χ4v) is 3.65. The number of nitrogens with two attached hydrogens (primary N) is 1. The van der Waals surface area contributed by atoms with Crippen LogP contribution in [0, 0.1) is 0 Å². The number of anilines is 3. The normalized spacial score (nSPS) is 11.7. The van der Waals surface area contributed by atoms with Crippen LogP contribution in [0.3, 0.4) is 0 Å². The Balaban J connectivity index is 1.55. The van der Waals surface area contributed by atoms with E-state index in [2.05, 4.69) is 20.4 Å². The molecule has 0 atom stereocenters. The fourth-order valence-electron chi connectivity index (χ4n) is 2.41. The molecule has 8 nitrogen and oxygen atoms in total. The predicted octanol–water partition coefficient (Wildman–Crippen LogP) is 3.61. The number of thiazole rings is 1.